The van der Waals surface area contributed by atoms with Gasteiger partial charge >= 0.3 is 0 Å². The van der Waals surface area contributed by atoms with Crippen molar-refractivity contribution in [2.75, 3.05) is 26.2 Å². The van der Waals surface area contributed by atoms with Crippen LogP contribution in [0.4, 0.5) is 0 Å². The van der Waals surface area contributed by atoms with Gasteiger partial charge in [-0.3, -0.25) is 4.79 Å². The third-order valence-corrected chi connectivity index (χ3v) is 7.01. The van der Waals surface area contributed by atoms with Gasteiger partial charge in [0.05, 0.1) is 0 Å². The van der Waals surface area contributed by atoms with Crippen molar-refractivity contribution in [1.82, 2.24) is 14.4 Å². The van der Waals surface area contributed by atoms with Gasteiger partial charge in [-0.25, -0.2) is 8.42 Å². The molecule has 0 spiro atoms. The highest BCUT2D eigenvalue weighted by atomic mass is 32.2. The summed E-state index contributed by atoms with van der Waals surface area (Å²) in [5, 5.41) is 3.75. The molecule has 1 amide bonds. The molecule has 2 rings (SSSR count). The molecule has 0 radical (unpaired) electrons. The lowest BCUT2D eigenvalue weighted by Gasteiger charge is -2.22. The third kappa shape index (κ3) is 5.07. The Morgan fingerprint density at radius 2 is 1.81 bits per heavy atom. The zero-order valence-corrected chi connectivity index (χ0v) is 17.0. The van der Waals surface area contributed by atoms with Gasteiger partial charge in [-0.15, -0.1) is 0 Å². The SMILES string of the molecule is CCCCCCCC(=O)N1CCCN(S(=O)(=O)c2c(C)noc2C)CC1. The number of unbranched alkanes of at least 4 members (excludes halogenated alkanes) is 4. The summed E-state index contributed by atoms with van der Waals surface area (Å²) in [6.07, 6.45) is 6.77. The van der Waals surface area contributed by atoms with E-state index in [1.807, 2.05) is 4.90 Å². The first-order valence-electron chi connectivity index (χ1n) is 9.58. The van der Waals surface area contributed by atoms with Crippen molar-refractivity contribution in [3.8, 4) is 0 Å². The first-order valence-corrected chi connectivity index (χ1v) is 11.0. The maximum absolute atomic E-state index is 12.9. The number of hydrogen-bond acceptors (Lipinski definition) is 5. The van der Waals surface area contributed by atoms with E-state index in [-0.39, 0.29) is 10.8 Å². The van der Waals surface area contributed by atoms with Crippen molar-refractivity contribution in [2.45, 2.75) is 70.6 Å². The smallest absolute Gasteiger partial charge is 0.248 e. The minimum atomic E-state index is -3.64. The number of rotatable bonds is 8. The molecule has 8 heteroatoms. The highest BCUT2D eigenvalue weighted by Gasteiger charge is 2.32. The second-order valence-corrected chi connectivity index (χ2v) is 8.83. The molecule has 7 nitrogen and oxygen atoms in total. The zero-order chi connectivity index (χ0) is 19.2. The Kier molecular flexibility index (Phi) is 7.64. The fraction of sp³-hybridized carbons (Fsp3) is 0.778. The molecule has 1 aromatic heterocycles. The van der Waals surface area contributed by atoms with Crippen LogP contribution in [0.5, 0.6) is 0 Å². The molecule has 1 aliphatic rings. The molecular weight excluding hydrogens is 354 g/mol. The second kappa shape index (κ2) is 9.50. The molecule has 0 unspecified atom stereocenters. The van der Waals surface area contributed by atoms with E-state index in [1.54, 1.807) is 13.8 Å². The molecule has 0 aliphatic carbocycles. The summed E-state index contributed by atoms with van der Waals surface area (Å²) >= 11 is 0. The molecule has 148 valence electrons. The Bertz CT molecular complexity index is 680. The molecule has 1 aliphatic heterocycles. The highest BCUT2D eigenvalue weighted by molar-refractivity contribution is 7.89. The van der Waals surface area contributed by atoms with E-state index in [2.05, 4.69) is 12.1 Å². The number of carbonyl (C=O) groups is 1. The third-order valence-electron chi connectivity index (χ3n) is 4.87. The lowest BCUT2D eigenvalue weighted by Crippen LogP contribution is -2.37. The van der Waals surface area contributed by atoms with Gasteiger partial charge in [0.1, 0.15) is 10.6 Å². The Balaban J connectivity index is 1.92. The minimum Gasteiger partial charge on any atom is -0.360 e. The number of aryl methyl sites for hydroxylation is 2. The van der Waals surface area contributed by atoms with Crippen LogP contribution in [0.2, 0.25) is 0 Å². The first kappa shape index (κ1) is 20.9. The van der Waals surface area contributed by atoms with Gasteiger partial charge in [0.25, 0.3) is 0 Å². The molecule has 0 saturated carbocycles. The van der Waals surface area contributed by atoms with Crippen molar-refractivity contribution >= 4 is 15.9 Å². The van der Waals surface area contributed by atoms with E-state index in [1.165, 1.54) is 23.6 Å². The summed E-state index contributed by atoms with van der Waals surface area (Å²) in [6, 6.07) is 0. The zero-order valence-electron chi connectivity index (χ0n) is 16.2. The average Bonchev–Trinajstić information content (AvgIpc) is 2.81. The van der Waals surface area contributed by atoms with E-state index in [0.29, 0.717) is 50.5 Å². The highest BCUT2D eigenvalue weighted by Crippen LogP contribution is 2.24. The standard InChI is InChI=1S/C18H31N3O4S/c1-4-5-6-7-8-10-17(22)20-11-9-12-21(14-13-20)26(23,24)18-15(2)19-25-16(18)3/h4-14H2,1-3H3. The van der Waals surface area contributed by atoms with Gasteiger partial charge in [0.2, 0.25) is 15.9 Å². The normalized spacial score (nSPS) is 16.7. The largest absolute Gasteiger partial charge is 0.360 e. The predicted molar refractivity (Wildman–Crippen MR) is 99.3 cm³/mol. The van der Waals surface area contributed by atoms with Crippen LogP contribution in [0.15, 0.2) is 9.42 Å². The fourth-order valence-corrected chi connectivity index (χ4v) is 5.15. The van der Waals surface area contributed by atoms with Crippen molar-refractivity contribution < 1.29 is 17.7 Å². The summed E-state index contributed by atoms with van der Waals surface area (Å²) in [5.74, 6) is 0.449. The van der Waals surface area contributed by atoms with Gasteiger partial charge in [0, 0.05) is 32.6 Å². The molecule has 0 atom stereocenters. The second-order valence-electron chi connectivity index (χ2n) is 6.96. The maximum Gasteiger partial charge on any atom is 0.248 e. The van der Waals surface area contributed by atoms with Gasteiger partial charge < -0.3 is 9.42 Å². The van der Waals surface area contributed by atoms with Crippen molar-refractivity contribution in [3.05, 3.63) is 11.5 Å². The Hall–Kier alpha value is -1.41. The number of nitrogens with zero attached hydrogens (tertiary/aromatic N) is 3. The van der Waals surface area contributed by atoms with Gasteiger partial charge in [0.15, 0.2) is 5.76 Å². The number of hydrogen-bond donors (Lipinski definition) is 0. The van der Waals surface area contributed by atoms with Gasteiger partial charge in [-0.05, 0) is 26.7 Å². The summed E-state index contributed by atoms with van der Waals surface area (Å²) in [5.41, 5.74) is 0.381. The molecule has 1 fully saturated rings. The average molecular weight is 386 g/mol. The number of amides is 1. The topological polar surface area (TPSA) is 83.7 Å². The van der Waals surface area contributed by atoms with Crippen molar-refractivity contribution in [1.29, 1.82) is 0 Å². The number of sulfonamides is 1. The monoisotopic (exact) mass is 385 g/mol. The van der Waals surface area contributed by atoms with E-state index in [9.17, 15) is 13.2 Å². The van der Waals surface area contributed by atoms with E-state index < -0.39 is 10.0 Å². The van der Waals surface area contributed by atoms with E-state index >= 15 is 0 Å². The summed E-state index contributed by atoms with van der Waals surface area (Å²) < 4.78 is 32.3. The number of aromatic nitrogens is 1. The Morgan fingerprint density at radius 1 is 1.08 bits per heavy atom. The molecule has 1 saturated heterocycles. The van der Waals surface area contributed by atoms with E-state index in [0.717, 1.165) is 12.8 Å². The van der Waals surface area contributed by atoms with Crippen LogP contribution in [0.1, 0.15) is 63.3 Å². The molecule has 0 N–H and O–H groups in total. The van der Waals surface area contributed by atoms with Crippen LogP contribution in [0, 0.1) is 13.8 Å². The van der Waals surface area contributed by atoms with Crippen molar-refractivity contribution in [2.24, 2.45) is 0 Å². The quantitative estimate of drug-likeness (QED) is 0.643. The molecule has 0 aromatic carbocycles. The summed E-state index contributed by atoms with van der Waals surface area (Å²) in [7, 11) is -3.64. The molecular formula is C18H31N3O4S. The predicted octanol–water partition coefficient (Wildman–Crippen LogP) is 2.87. The van der Waals surface area contributed by atoms with Crippen LogP contribution >= 0.6 is 0 Å². The Labute approximate surface area is 156 Å². The summed E-state index contributed by atoms with van der Waals surface area (Å²) in [6.45, 7) is 7.19. The Morgan fingerprint density at radius 3 is 2.46 bits per heavy atom. The van der Waals surface area contributed by atoms with Crippen LogP contribution in [0.25, 0.3) is 0 Å². The first-order chi connectivity index (χ1) is 12.4. The molecule has 1 aromatic rings. The molecule has 2 heterocycles. The maximum atomic E-state index is 12.9. The minimum absolute atomic E-state index is 0.137. The van der Waals surface area contributed by atoms with E-state index in [4.69, 9.17) is 4.52 Å². The molecule has 0 bridgehead atoms. The summed E-state index contributed by atoms with van der Waals surface area (Å²) in [4.78, 5) is 14.4. The van der Waals surface area contributed by atoms with Crippen LogP contribution in [-0.2, 0) is 14.8 Å². The van der Waals surface area contributed by atoms with Crippen LogP contribution in [-0.4, -0.2) is 54.9 Å². The lowest BCUT2D eigenvalue weighted by atomic mass is 10.1. The van der Waals surface area contributed by atoms with Gasteiger partial charge in [-0.2, -0.15) is 4.31 Å². The fourth-order valence-electron chi connectivity index (χ4n) is 3.39. The molecule has 26 heavy (non-hydrogen) atoms. The van der Waals surface area contributed by atoms with Gasteiger partial charge in [-0.1, -0.05) is 37.8 Å². The lowest BCUT2D eigenvalue weighted by molar-refractivity contribution is -0.131. The number of carbonyl (C=O) groups excluding carboxylic acids is 1. The van der Waals surface area contributed by atoms with Crippen LogP contribution < -0.4 is 0 Å². The van der Waals surface area contributed by atoms with Crippen molar-refractivity contribution in [3.63, 3.8) is 0 Å². The van der Waals surface area contributed by atoms with Crippen LogP contribution in [0.3, 0.4) is 0 Å².